The topological polar surface area (TPSA) is 62.7 Å². The predicted octanol–water partition coefficient (Wildman–Crippen LogP) is 2.90. The molecule has 6 heteroatoms. The molecular formula is C20H21FN2O3. The van der Waals surface area contributed by atoms with Crippen molar-refractivity contribution in [2.45, 2.75) is 18.9 Å². The van der Waals surface area contributed by atoms with Crippen LogP contribution in [-0.4, -0.2) is 46.5 Å². The maximum Gasteiger partial charge on any atom is 0.195 e. The number of rotatable bonds is 5. The van der Waals surface area contributed by atoms with Crippen LogP contribution in [0.2, 0.25) is 0 Å². The summed E-state index contributed by atoms with van der Waals surface area (Å²) < 4.78 is 18.9. The number of aromatic nitrogens is 1. The number of fused-ring (bicyclic) bond motifs is 1. The molecule has 0 radical (unpaired) electrons. The number of ketones is 1. The van der Waals surface area contributed by atoms with Crippen LogP contribution in [-0.2, 0) is 0 Å². The third kappa shape index (κ3) is 3.70. The standard InChI is InChI=1S/C20H21FN2O3/c21-15-1-4-17(5-2-15)26-18-7-13-10-23(11-14(13)8-18)12-20(25)19-6-3-16(24)9-22-19/h1-6,9,13-14,18,24H,7-8,10-12H2/t13-,14+,18+. The van der Waals surface area contributed by atoms with Crippen LogP contribution in [0.15, 0.2) is 42.6 Å². The first-order valence-electron chi connectivity index (χ1n) is 8.89. The van der Waals surface area contributed by atoms with Gasteiger partial charge in [0.2, 0.25) is 0 Å². The summed E-state index contributed by atoms with van der Waals surface area (Å²) in [7, 11) is 0. The van der Waals surface area contributed by atoms with Gasteiger partial charge >= 0.3 is 0 Å². The molecule has 2 fully saturated rings. The Labute approximate surface area is 151 Å². The number of pyridine rings is 1. The maximum absolute atomic E-state index is 13.0. The van der Waals surface area contributed by atoms with Gasteiger partial charge in [-0.3, -0.25) is 9.69 Å². The predicted molar refractivity (Wildman–Crippen MR) is 93.7 cm³/mol. The first-order valence-corrected chi connectivity index (χ1v) is 8.89. The molecule has 1 aromatic heterocycles. The lowest BCUT2D eigenvalue weighted by Crippen LogP contribution is -2.30. The van der Waals surface area contributed by atoms with Crippen molar-refractivity contribution in [2.75, 3.05) is 19.6 Å². The zero-order valence-corrected chi connectivity index (χ0v) is 14.3. The highest BCUT2D eigenvalue weighted by molar-refractivity contribution is 5.95. The van der Waals surface area contributed by atoms with Crippen LogP contribution in [0, 0.1) is 17.7 Å². The third-order valence-electron chi connectivity index (χ3n) is 5.30. The lowest BCUT2D eigenvalue weighted by molar-refractivity contribution is 0.0931. The number of halogens is 1. The molecule has 0 unspecified atom stereocenters. The Morgan fingerprint density at radius 2 is 1.85 bits per heavy atom. The number of likely N-dealkylation sites (tertiary alicyclic amines) is 1. The van der Waals surface area contributed by atoms with Crippen molar-refractivity contribution in [3.8, 4) is 11.5 Å². The number of aromatic hydroxyl groups is 1. The van der Waals surface area contributed by atoms with Crippen LogP contribution in [0.5, 0.6) is 11.5 Å². The average Bonchev–Trinajstić information content (AvgIpc) is 3.15. The number of carbonyl (C=O) groups is 1. The minimum atomic E-state index is -0.260. The number of benzene rings is 1. The summed E-state index contributed by atoms with van der Waals surface area (Å²) in [6, 6.07) is 9.20. The van der Waals surface area contributed by atoms with Gasteiger partial charge in [0.25, 0.3) is 0 Å². The van der Waals surface area contributed by atoms with Crippen molar-refractivity contribution in [1.82, 2.24) is 9.88 Å². The summed E-state index contributed by atoms with van der Waals surface area (Å²) >= 11 is 0. The Bertz CT molecular complexity index is 765. The van der Waals surface area contributed by atoms with E-state index in [-0.39, 0.29) is 23.5 Å². The summed E-state index contributed by atoms with van der Waals surface area (Å²) in [5.74, 6) is 1.54. The Hall–Kier alpha value is -2.47. The second kappa shape index (κ2) is 7.03. The highest BCUT2D eigenvalue weighted by Gasteiger charge is 2.42. The fourth-order valence-corrected chi connectivity index (χ4v) is 4.11. The summed E-state index contributed by atoms with van der Waals surface area (Å²) in [4.78, 5) is 18.5. The van der Waals surface area contributed by atoms with Crippen LogP contribution < -0.4 is 4.74 Å². The fraction of sp³-hybridized carbons (Fsp3) is 0.400. The first-order chi connectivity index (χ1) is 12.6. The molecule has 2 aliphatic rings. The molecule has 2 heterocycles. The molecular weight excluding hydrogens is 335 g/mol. The van der Waals surface area contributed by atoms with E-state index in [4.69, 9.17) is 4.74 Å². The molecule has 0 bridgehead atoms. The van der Waals surface area contributed by atoms with E-state index < -0.39 is 0 Å². The van der Waals surface area contributed by atoms with E-state index in [0.29, 0.717) is 29.8 Å². The molecule has 5 nitrogen and oxygen atoms in total. The second-order valence-corrected chi connectivity index (χ2v) is 7.20. The highest BCUT2D eigenvalue weighted by atomic mass is 19.1. The maximum atomic E-state index is 13.0. The van der Waals surface area contributed by atoms with Gasteiger partial charge < -0.3 is 9.84 Å². The normalized spacial score (nSPS) is 25.2. The van der Waals surface area contributed by atoms with Crippen LogP contribution in [0.3, 0.4) is 0 Å². The molecule has 1 aromatic carbocycles. The largest absolute Gasteiger partial charge is 0.506 e. The smallest absolute Gasteiger partial charge is 0.195 e. The van der Waals surface area contributed by atoms with E-state index in [2.05, 4.69) is 9.88 Å². The molecule has 26 heavy (non-hydrogen) atoms. The monoisotopic (exact) mass is 356 g/mol. The van der Waals surface area contributed by atoms with E-state index in [1.807, 2.05) is 0 Å². The van der Waals surface area contributed by atoms with Gasteiger partial charge in [0, 0.05) is 13.1 Å². The Balaban J connectivity index is 1.28. The van der Waals surface area contributed by atoms with Gasteiger partial charge in [-0.25, -0.2) is 9.37 Å². The van der Waals surface area contributed by atoms with E-state index in [0.717, 1.165) is 25.9 Å². The molecule has 3 atom stereocenters. The van der Waals surface area contributed by atoms with Crippen molar-refractivity contribution in [3.63, 3.8) is 0 Å². The number of Topliss-reactive ketones (excluding diaryl/α,β-unsaturated/α-hetero) is 1. The zero-order valence-electron chi connectivity index (χ0n) is 14.3. The van der Waals surface area contributed by atoms with Crippen molar-refractivity contribution in [3.05, 3.63) is 54.1 Å². The molecule has 1 aliphatic carbocycles. The van der Waals surface area contributed by atoms with Crippen LogP contribution in [0.1, 0.15) is 23.3 Å². The van der Waals surface area contributed by atoms with E-state index in [9.17, 15) is 14.3 Å². The van der Waals surface area contributed by atoms with Crippen LogP contribution >= 0.6 is 0 Å². The molecule has 0 spiro atoms. The van der Waals surface area contributed by atoms with Crippen LogP contribution in [0.25, 0.3) is 0 Å². The van der Waals surface area contributed by atoms with Crippen molar-refractivity contribution >= 4 is 5.78 Å². The Kier molecular flexibility index (Phi) is 4.59. The van der Waals surface area contributed by atoms with Crippen molar-refractivity contribution < 1.29 is 19.0 Å². The lowest BCUT2D eigenvalue weighted by Gasteiger charge is -2.19. The van der Waals surface area contributed by atoms with E-state index in [1.54, 1.807) is 18.2 Å². The van der Waals surface area contributed by atoms with Gasteiger partial charge in [-0.1, -0.05) is 0 Å². The number of carbonyl (C=O) groups excluding carboxylic acids is 1. The minimum absolute atomic E-state index is 0.0240. The summed E-state index contributed by atoms with van der Waals surface area (Å²) in [5.41, 5.74) is 0.386. The number of ether oxygens (including phenoxy) is 1. The van der Waals surface area contributed by atoms with E-state index in [1.165, 1.54) is 24.4 Å². The number of hydrogen-bond donors (Lipinski definition) is 1. The molecule has 1 saturated heterocycles. The fourth-order valence-electron chi connectivity index (χ4n) is 4.11. The summed E-state index contributed by atoms with van der Waals surface area (Å²) in [6.45, 7) is 2.13. The SMILES string of the molecule is O=C(CN1C[C@H]2C[C@H](Oc3ccc(F)cc3)C[C@H]2C1)c1ccc(O)cn1. The van der Waals surface area contributed by atoms with Gasteiger partial charge in [-0.15, -0.1) is 0 Å². The highest BCUT2D eigenvalue weighted by Crippen LogP contribution is 2.39. The van der Waals surface area contributed by atoms with Gasteiger partial charge in [-0.05, 0) is 61.1 Å². The minimum Gasteiger partial charge on any atom is -0.506 e. The van der Waals surface area contributed by atoms with Gasteiger partial charge in [-0.2, -0.15) is 0 Å². The average molecular weight is 356 g/mol. The van der Waals surface area contributed by atoms with Crippen LogP contribution in [0.4, 0.5) is 4.39 Å². The first kappa shape index (κ1) is 17.0. The van der Waals surface area contributed by atoms with Gasteiger partial charge in [0.1, 0.15) is 23.0 Å². The molecule has 1 saturated carbocycles. The second-order valence-electron chi connectivity index (χ2n) is 7.20. The van der Waals surface area contributed by atoms with E-state index >= 15 is 0 Å². The zero-order chi connectivity index (χ0) is 18.1. The van der Waals surface area contributed by atoms with Crippen molar-refractivity contribution in [2.24, 2.45) is 11.8 Å². The van der Waals surface area contributed by atoms with Crippen molar-refractivity contribution in [1.29, 1.82) is 0 Å². The third-order valence-corrected chi connectivity index (χ3v) is 5.30. The molecule has 1 N–H and O–H groups in total. The summed E-state index contributed by atoms with van der Waals surface area (Å²) in [5, 5.41) is 9.26. The Morgan fingerprint density at radius 1 is 1.15 bits per heavy atom. The quantitative estimate of drug-likeness (QED) is 0.835. The lowest BCUT2D eigenvalue weighted by atomic mass is 10.0. The molecule has 0 amide bonds. The Morgan fingerprint density at radius 3 is 2.46 bits per heavy atom. The van der Waals surface area contributed by atoms with Gasteiger partial charge in [0.05, 0.1) is 18.8 Å². The molecule has 2 aromatic rings. The molecule has 136 valence electrons. The van der Waals surface area contributed by atoms with Gasteiger partial charge in [0.15, 0.2) is 5.78 Å². The molecule has 1 aliphatic heterocycles. The number of nitrogens with zero attached hydrogens (tertiary/aromatic N) is 2. The molecule has 4 rings (SSSR count). The number of hydrogen-bond acceptors (Lipinski definition) is 5. The summed E-state index contributed by atoms with van der Waals surface area (Å²) in [6.07, 6.45) is 3.38.